The van der Waals surface area contributed by atoms with Crippen molar-refractivity contribution in [1.29, 1.82) is 0 Å². The van der Waals surface area contributed by atoms with Crippen LogP contribution in [-0.2, 0) is 4.74 Å². The molecule has 0 spiro atoms. The predicted octanol–water partition coefficient (Wildman–Crippen LogP) is 1.23. The topological polar surface area (TPSA) is 70.0 Å². The van der Waals surface area contributed by atoms with E-state index in [1.165, 1.54) is 0 Å². The zero-order valence-electron chi connectivity index (χ0n) is 11.4. The molecule has 7 heteroatoms. The van der Waals surface area contributed by atoms with Crippen molar-refractivity contribution in [3.05, 3.63) is 0 Å². The second-order valence-electron chi connectivity index (χ2n) is 5.89. The molecule has 0 aromatic carbocycles. The van der Waals surface area contributed by atoms with Gasteiger partial charge in [-0.3, -0.25) is 0 Å². The molecule has 1 aliphatic rings. The van der Waals surface area contributed by atoms with Gasteiger partial charge in [0, 0.05) is 12.5 Å². The normalized spacial score (nSPS) is 24.4. The van der Waals surface area contributed by atoms with Gasteiger partial charge in [-0.2, -0.15) is 0 Å². The van der Waals surface area contributed by atoms with Gasteiger partial charge in [-0.05, 0) is 27.2 Å². The molecule has 0 aromatic heterocycles. The van der Waals surface area contributed by atoms with Crippen molar-refractivity contribution in [2.45, 2.75) is 44.8 Å². The van der Waals surface area contributed by atoms with E-state index in [9.17, 15) is 18.7 Å². The number of carbonyl (C=O) groups excluding carboxylic acids is 1. The van der Waals surface area contributed by atoms with Gasteiger partial charge in [-0.1, -0.05) is 0 Å². The lowest BCUT2D eigenvalue weighted by Crippen LogP contribution is -2.36. The molecule has 2 N–H and O–H groups in total. The second-order valence-corrected chi connectivity index (χ2v) is 5.89. The number of hydrogen-bond donors (Lipinski definition) is 2. The Morgan fingerprint density at radius 3 is 2.58 bits per heavy atom. The van der Waals surface area contributed by atoms with Gasteiger partial charge in [-0.25, -0.2) is 13.6 Å². The summed E-state index contributed by atoms with van der Waals surface area (Å²) in [5.74, 6) is -4.24. The first kappa shape index (κ1) is 16.1. The molecule has 1 fully saturated rings. The molecular weight excluding hydrogens is 260 g/mol. The molecule has 0 bridgehead atoms. The van der Waals surface area contributed by atoms with Crippen molar-refractivity contribution < 1.29 is 28.5 Å². The highest BCUT2D eigenvalue weighted by molar-refractivity contribution is 5.68. The molecule has 0 aliphatic carbocycles. The third-order valence-corrected chi connectivity index (χ3v) is 2.86. The molecule has 0 radical (unpaired) electrons. The zero-order valence-corrected chi connectivity index (χ0v) is 11.4. The lowest BCUT2D eigenvalue weighted by atomic mass is 9.98. The highest BCUT2D eigenvalue weighted by Crippen LogP contribution is 2.36. The maximum atomic E-state index is 13.7. The van der Waals surface area contributed by atoms with Crippen LogP contribution in [0.25, 0.3) is 0 Å². The molecule has 1 saturated heterocycles. The van der Waals surface area contributed by atoms with Gasteiger partial charge in [-0.15, -0.1) is 0 Å². The quantitative estimate of drug-likeness (QED) is 0.816. The standard InChI is InChI=1S/C12H21F2NO4/c1-11(2,3)19-10(18)15-5-8(4-9(17)6-16)12(13,14)7-15/h8-9,16-17H,4-7H2,1-3H3/t8-,9-/m1/s1. The van der Waals surface area contributed by atoms with Crippen LogP contribution in [0.2, 0.25) is 0 Å². The Hall–Kier alpha value is -0.950. The largest absolute Gasteiger partial charge is 0.444 e. The van der Waals surface area contributed by atoms with Crippen LogP contribution in [0.5, 0.6) is 0 Å². The first-order valence-corrected chi connectivity index (χ1v) is 6.20. The van der Waals surface area contributed by atoms with Crippen molar-refractivity contribution >= 4 is 6.09 Å². The molecule has 19 heavy (non-hydrogen) atoms. The summed E-state index contributed by atoms with van der Waals surface area (Å²) in [6, 6.07) is 0. The van der Waals surface area contributed by atoms with Crippen molar-refractivity contribution in [2.75, 3.05) is 19.7 Å². The van der Waals surface area contributed by atoms with Gasteiger partial charge in [0.1, 0.15) is 5.60 Å². The van der Waals surface area contributed by atoms with Gasteiger partial charge in [0.05, 0.1) is 19.3 Å². The summed E-state index contributed by atoms with van der Waals surface area (Å²) in [6.45, 7) is 3.51. The van der Waals surface area contributed by atoms with E-state index in [4.69, 9.17) is 9.84 Å². The molecular formula is C12H21F2NO4. The van der Waals surface area contributed by atoms with Crippen LogP contribution in [0.15, 0.2) is 0 Å². The van der Waals surface area contributed by atoms with E-state index in [0.29, 0.717) is 0 Å². The third kappa shape index (κ3) is 4.58. The number of carbonyl (C=O) groups is 1. The van der Waals surface area contributed by atoms with E-state index in [2.05, 4.69) is 0 Å². The Bertz CT molecular complexity index is 330. The fourth-order valence-electron chi connectivity index (χ4n) is 1.96. The second kappa shape index (κ2) is 5.58. The van der Waals surface area contributed by atoms with E-state index < -0.39 is 42.8 Å². The van der Waals surface area contributed by atoms with Crippen LogP contribution in [0.4, 0.5) is 13.6 Å². The maximum Gasteiger partial charge on any atom is 0.410 e. The number of nitrogens with zero attached hydrogens (tertiary/aromatic N) is 1. The number of alkyl halides is 2. The number of likely N-dealkylation sites (tertiary alicyclic amines) is 1. The fourth-order valence-corrected chi connectivity index (χ4v) is 1.96. The van der Waals surface area contributed by atoms with E-state index in [1.807, 2.05) is 0 Å². The summed E-state index contributed by atoms with van der Waals surface area (Å²) in [4.78, 5) is 12.7. The van der Waals surface area contributed by atoms with Gasteiger partial charge in [0.15, 0.2) is 0 Å². The Labute approximate surface area is 111 Å². The summed E-state index contributed by atoms with van der Waals surface area (Å²) in [5.41, 5.74) is -0.741. The van der Waals surface area contributed by atoms with Gasteiger partial charge < -0.3 is 19.8 Å². The van der Waals surface area contributed by atoms with E-state index >= 15 is 0 Å². The zero-order chi connectivity index (χ0) is 14.8. The van der Waals surface area contributed by atoms with E-state index in [1.54, 1.807) is 20.8 Å². The van der Waals surface area contributed by atoms with Crippen LogP contribution in [0, 0.1) is 5.92 Å². The SMILES string of the molecule is CC(C)(C)OC(=O)N1C[C@@H](C[C@@H](O)CO)C(F)(F)C1. The highest BCUT2D eigenvalue weighted by atomic mass is 19.3. The minimum Gasteiger partial charge on any atom is -0.444 e. The first-order chi connectivity index (χ1) is 8.55. The average Bonchev–Trinajstić information content (AvgIpc) is 2.52. The maximum absolute atomic E-state index is 13.7. The Balaban J connectivity index is 2.64. The smallest absolute Gasteiger partial charge is 0.410 e. The molecule has 2 atom stereocenters. The fraction of sp³-hybridized carbons (Fsp3) is 0.917. The molecule has 0 saturated carbocycles. The minimum atomic E-state index is -3.08. The summed E-state index contributed by atoms with van der Waals surface area (Å²) < 4.78 is 32.4. The van der Waals surface area contributed by atoms with Gasteiger partial charge >= 0.3 is 6.09 Å². The van der Waals surface area contributed by atoms with Crippen molar-refractivity contribution in [3.8, 4) is 0 Å². The number of hydrogen-bond acceptors (Lipinski definition) is 4. The number of ether oxygens (including phenoxy) is 1. The number of rotatable bonds is 3. The molecule has 112 valence electrons. The molecule has 5 nitrogen and oxygen atoms in total. The molecule has 1 aliphatic heterocycles. The van der Waals surface area contributed by atoms with Gasteiger partial charge in [0.25, 0.3) is 5.92 Å². The number of halogens is 2. The van der Waals surface area contributed by atoms with Crippen molar-refractivity contribution in [2.24, 2.45) is 5.92 Å². The average molecular weight is 281 g/mol. The Kier molecular flexibility index (Phi) is 4.73. The van der Waals surface area contributed by atoms with Crippen molar-refractivity contribution in [1.82, 2.24) is 4.90 Å². The van der Waals surface area contributed by atoms with Crippen LogP contribution >= 0.6 is 0 Å². The van der Waals surface area contributed by atoms with Gasteiger partial charge in [0.2, 0.25) is 0 Å². The molecule has 1 amide bonds. The minimum absolute atomic E-state index is 0.182. The monoisotopic (exact) mass is 281 g/mol. The number of aliphatic hydroxyl groups is 2. The Morgan fingerprint density at radius 1 is 1.53 bits per heavy atom. The van der Waals surface area contributed by atoms with Crippen LogP contribution in [0.1, 0.15) is 27.2 Å². The van der Waals surface area contributed by atoms with E-state index in [0.717, 1.165) is 4.90 Å². The number of amides is 1. The summed E-state index contributed by atoms with van der Waals surface area (Å²) in [5, 5.41) is 17.9. The summed E-state index contributed by atoms with van der Waals surface area (Å²) in [7, 11) is 0. The summed E-state index contributed by atoms with van der Waals surface area (Å²) in [6.07, 6.45) is -2.23. The molecule has 0 unspecified atom stereocenters. The predicted molar refractivity (Wildman–Crippen MR) is 64.0 cm³/mol. The highest BCUT2D eigenvalue weighted by Gasteiger charge is 2.50. The van der Waals surface area contributed by atoms with Crippen LogP contribution in [-0.4, -0.2) is 58.5 Å². The lowest BCUT2D eigenvalue weighted by molar-refractivity contribution is -0.0478. The first-order valence-electron chi connectivity index (χ1n) is 6.20. The number of aliphatic hydroxyl groups excluding tert-OH is 2. The van der Waals surface area contributed by atoms with Crippen molar-refractivity contribution in [3.63, 3.8) is 0 Å². The molecule has 1 rings (SSSR count). The van der Waals surface area contributed by atoms with Crippen LogP contribution in [0.3, 0.4) is 0 Å². The third-order valence-electron chi connectivity index (χ3n) is 2.86. The summed E-state index contributed by atoms with van der Waals surface area (Å²) >= 11 is 0. The van der Waals surface area contributed by atoms with Crippen LogP contribution < -0.4 is 0 Å². The molecule has 0 aromatic rings. The van der Waals surface area contributed by atoms with E-state index in [-0.39, 0.29) is 13.0 Å². The lowest BCUT2D eigenvalue weighted by Gasteiger charge is -2.24. The molecule has 1 heterocycles. The Morgan fingerprint density at radius 2 is 2.11 bits per heavy atom.